The first-order valence-electron chi connectivity index (χ1n) is 8.31. The zero-order valence-electron chi connectivity index (χ0n) is 13.8. The zero-order valence-corrected chi connectivity index (χ0v) is 14.6. The third-order valence-corrected chi connectivity index (χ3v) is 5.38. The molecule has 0 unspecified atom stereocenters. The van der Waals surface area contributed by atoms with Gasteiger partial charge >= 0.3 is 0 Å². The van der Waals surface area contributed by atoms with Crippen molar-refractivity contribution in [3.8, 4) is 11.3 Å². The summed E-state index contributed by atoms with van der Waals surface area (Å²) in [5, 5.41) is 16.0. The van der Waals surface area contributed by atoms with Crippen molar-refractivity contribution in [2.75, 3.05) is 5.32 Å². The number of nitrogens with one attached hydrogen (secondary N) is 1. The fourth-order valence-electron chi connectivity index (χ4n) is 3.19. The molecule has 0 aliphatic heterocycles. The smallest absolute Gasteiger partial charge is 0.228 e. The van der Waals surface area contributed by atoms with Gasteiger partial charge in [-0.1, -0.05) is 24.3 Å². The average molecular weight is 366 g/mol. The normalized spacial score (nSPS) is 19.5. The standard InChI is InChI=1S/C19H17N3O3S/c23-17(14-3-1-2-4-15(14)18(24)25)20-13-7-5-12(6-8-13)16-11-22-9-10-26-19(22)21-16/h1-2,5-11,14-15H,3-4H2,(H,20,23)(H,24,25)/p-1/t14-,15-/m1/s1. The lowest BCUT2D eigenvalue weighted by Gasteiger charge is -2.28. The van der Waals surface area contributed by atoms with E-state index in [4.69, 9.17) is 0 Å². The van der Waals surface area contributed by atoms with Crippen LogP contribution in [0.1, 0.15) is 12.8 Å². The molecule has 0 saturated heterocycles. The molecule has 0 bridgehead atoms. The maximum Gasteiger partial charge on any atom is 0.228 e. The van der Waals surface area contributed by atoms with E-state index in [1.165, 1.54) is 0 Å². The van der Waals surface area contributed by atoms with Crippen LogP contribution >= 0.6 is 11.3 Å². The van der Waals surface area contributed by atoms with Crippen LogP contribution in [0.5, 0.6) is 0 Å². The summed E-state index contributed by atoms with van der Waals surface area (Å²) in [6.45, 7) is 0. The monoisotopic (exact) mass is 366 g/mol. The second-order valence-electron chi connectivity index (χ2n) is 6.26. The van der Waals surface area contributed by atoms with E-state index in [2.05, 4.69) is 10.3 Å². The molecular formula is C19H16N3O3S-. The van der Waals surface area contributed by atoms with Crippen LogP contribution in [0.3, 0.4) is 0 Å². The highest BCUT2D eigenvalue weighted by atomic mass is 32.1. The number of nitrogens with zero attached hydrogens (tertiary/aromatic N) is 2. The molecule has 6 nitrogen and oxygen atoms in total. The van der Waals surface area contributed by atoms with E-state index in [1.54, 1.807) is 29.5 Å². The molecule has 7 heteroatoms. The summed E-state index contributed by atoms with van der Waals surface area (Å²) in [4.78, 5) is 29.2. The number of rotatable bonds is 4. The number of carbonyl (C=O) groups is 2. The summed E-state index contributed by atoms with van der Waals surface area (Å²) in [6.07, 6.45) is 8.28. The highest BCUT2D eigenvalue weighted by molar-refractivity contribution is 7.15. The topological polar surface area (TPSA) is 86.5 Å². The molecule has 3 aromatic rings. The minimum atomic E-state index is -1.18. The van der Waals surface area contributed by atoms with Gasteiger partial charge in [0.25, 0.3) is 0 Å². The van der Waals surface area contributed by atoms with Crippen LogP contribution in [0, 0.1) is 11.8 Å². The predicted molar refractivity (Wildman–Crippen MR) is 97.5 cm³/mol. The first kappa shape index (κ1) is 16.5. The second-order valence-corrected chi connectivity index (χ2v) is 7.13. The van der Waals surface area contributed by atoms with Gasteiger partial charge in [-0.25, -0.2) is 4.98 Å². The highest BCUT2D eigenvalue weighted by Crippen LogP contribution is 2.27. The lowest BCUT2D eigenvalue weighted by molar-refractivity contribution is -0.313. The largest absolute Gasteiger partial charge is 0.550 e. The number of hydrogen-bond acceptors (Lipinski definition) is 5. The summed E-state index contributed by atoms with van der Waals surface area (Å²) < 4.78 is 1.96. The summed E-state index contributed by atoms with van der Waals surface area (Å²) in [7, 11) is 0. The lowest BCUT2D eigenvalue weighted by Crippen LogP contribution is -2.41. The maximum absolute atomic E-state index is 12.5. The maximum atomic E-state index is 12.5. The van der Waals surface area contributed by atoms with Crippen LogP contribution in [0.4, 0.5) is 5.69 Å². The molecule has 1 aromatic carbocycles. The Balaban J connectivity index is 1.48. The van der Waals surface area contributed by atoms with E-state index < -0.39 is 17.8 Å². The van der Waals surface area contributed by atoms with Gasteiger partial charge in [-0.15, -0.1) is 11.3 Å². The number of anilines is 1. The molecule has 0 spiro atoms. The number of carboxylic acid groups (broad SMARTS) is 1. The van der Waals surface area contributed by atoms with Gasteiger partial charge < -0.3 is 15.2 Å². The Labute approximate surface area is 153 Å². The Morgan fingerprint density at radius 3 is 2.58 bits per heavy atom. The quantitative estimate of drug-likeness (QED) is 0.718. The van der Waals surface area contributed by atoms with Gasteiger partial charge in [0.1, 0.15) is 0 Å². The van der Waals surface area contributed by atoms with E-state index in [1.807, 2.05) is 40.4 Å². The number of fused-ring (bicyclic) bond motifs is 1. The Bertz CT molecular complexity index is 959. The van der Waals surface area contributed by atoms with E-state index in [0.717, 1.165) is 16.2 Å². The molecule has 26 heavy (non-hydrogen) atoms. The SMILES string of the molecule is O=C([O-])[C@@H]1CC=CC[C@H]1C(=O)Nc1ccc(-c2cn3ccsc3n2)cc1. The van der Waals surface area contributed by atoms with Crippen LogP contribution in [-0.2, 0) is 9.59 Å². The molecule has 1 aliphatic carbocycles. The van der Waals surface area contributed by atoms with Crippen LogP contribution < -0.4 is 10.4 Å². The Morgan fingerprint density at radius 2 is 1.88 bits per heavy atom. The molecule has 1 aliphatic rings. The summed E-state index contributed by atoms with van der Waals surface area (Å²) in [5.41, 5.74) is 2.45. The minimum absolute atomic E-state index is 0.293. The van der Waals surface area contributed by atoms with E-state index in [-0.39, 0.29) is 5.91 Å². The molecule has 0 radical (unpaired) electrons. The first-order valence-corrected chi connectivity index (χ1v) is 9.19. The number of allylic oxidation sites excluding steroid dienone is 2. The lowest BCUT2D eigenvalue weighted by atomic mass is 9.82. The van der Waals surface area contributed by atoms with Crippen molar-refractivity contribution in [1.29, 1.82) is 0 Å². The number of carbonyl (C=O) groups excluding carboxylic acids is 2. The molecule has 4 rings (SSSR count). The number of carboxylic acids is 1. The Hall–Kier alpha value is -2.93. The van der Waals surface area contributed by atoms with Gasteiger partial charge in [0, 0.05) is 40.9 Å². The number of imidazole rings is 1. The van der Waals surface area contributed by atoms with Gasteiger partial charge in [0.2, 0.25) is 5.91 Å². The van der Waals surface area contributed by atoms with Crippen molar-refractivity contribution in [3.63, 3.8) is 0 Å². The number of aromatic nitrogens is 2. The second kappa shape index (κ2) is 6.76. The molecule has 2 aromatic heterocycles. The van der Waals surface area contributed by atoms with E-state index in [0.29, 0.717) is 18.5 Å². The van der Waals surface area contributed by atoms with Crippen LogP contribution in [0.2, 0.25) is 0 Å². The predicted octanol–water partition coefficient (Wildman–Crippen LogP) is 2.33. The van der Waals surface area contributed by atoms with E-state index >= 15 is 0 Å². The molecule has 0 saturated carbocycles. The number of thiazole rings is 1. The van der Waals surface area contributed by atoms with Gasteiger partial charge in [-0.3, -0.25) is 9.20 Å². The van der Waals surface area contributed by atoms with Gasteiger partial charge in [-0.05, 0) is 25.0 Å². The number of aliphatic carboxylic acids is 1. The molecule has 0 fully saturated rings. The fourth-order valence-corrected chi connectivity index (χ4v) is 3.89. The minimum Gasteiger partial charge on any atom is -0.550 e. The van der Waals surface area contributed by atoms with Crippen LogP contribution in [0.15, 0.2) is 54.2 Å². The van der Waals surface area contributed by atoms with Crippen molar-refractivity contribution in [3.05, 3.63) is 54.2 Å². The van der Waals surface area contributed by atoms with Crippen molar-refractivity contribution in [2.24, 2.45) is 11.8 Å². The molecular weight excluding hydrogens is 350 g/mol. The number of hydrogen-bond donors (Lipinski definition) is 1. The van der Waals surface area contributed by atoms with Gasteiger partial charge in [-0.2, -0.15) is 0 Å². The molecule has 2 heterocycles. The van der Waals surface area contributed by atoms with Gasteiger partial charge in [0.05, 0.1) is 11.6 Å². The third-order valence-electron chi connectivity index (χ3n) is 4.61. The van der Waals surface area contributed by atoms with Gasteiger partial charge in [0.15, 0.2) is 4.96 Å². The Morgan fingerprint density at radius 1 is 1.15 bits per heavy atom. The highest BCUT2D eigenvalue weighted by Gasteiger charge is 2.29. The summed E-state index contributed by atoms with van der Waals surface area (Å²) in [6, 6.07) is 7.37. The average Bonchev–Trinajstić information content (AvgIpc) is 3.24. The van der Waals surface area contributed by atoms with Crippen LogP contribution in [-0.4, -0.2) is 21.3 Å². The zero-order chi connectivity index (χ0) is 18.1. The number of benzene rings is 1. The van der Waals surface area contributed by atoms with Crippen LogP contribution in [0.25, 0.3) is 16.2 Å². The van der Waals surface area contributed by atoms with E-state index in [9.17, 15) is 14.7 Å². The molecule has 132 valence electrons. The molecule has 1 amide bonds. The van der Waals surface area contributed by atoms with Crippen molar-refractivity contribution in [1.82, 2.24) is 9.38 Å². The Kier molecular flexibility index (Phi) is 4.30. The molecule has 2 atom stereocenters. The summed E-state index contributed by atoms with van der Waals surface area (Å²) >= 11 is 1.57. The fraction of sp³-hybridized carbons (Fsp3) is 0.211. The van der Waals surface area contributed by atoms with Crippen molar-refractivity contribution >= 4 is 33.9 Å². The number of amides is 1. The molecule has 1 N–H and O–H groups in total. The first-order chi connectivity index (χ1) is 12.6. The summed E-state index contributed by atoms with van der Waals surface area (Å²) in [5.74, 6) is -2.86. The third kappa shape index (κ3) is 3.13. The van der Waals surface area contributed by atoms with Crippen molar-refractivity contribution in [2.45, 2.75) is 12.8 Å². The van der Waals surface area contributed by atoms with Crippen molar-refractivity contribution < 1.29 is 14.7 Å².